The van der Waals surface area contributed by atoms with Crippen molar-refractivity contribution in [2.24, 2.45) is 0 Å². The van der Waals surface area contributed by atoms with Crippen molar-refractivity contribution in [3.8, 4) is 11.1 Å². The maximum atomic E-state index is 2.78. The summed E-state index contributed by atoms with van der Waals surface area (Å²) >= 11 is 1.97. The van der Waals surface area contributed by atoms with Crippen LogP contribution in [0, 0.1) is 0 Å². The van der Waals surface area contributed by atoms with Crippen LogP contribution in [0.3, 0.4) is 0 Å². The van der Waals surface area contributed by atoms with E-state index in [0.717, 1.165) is 12.8 Å². The van der Waals surface area contributed by atoms with E-state index in [0.29, 0.717) is 0 Å². The van der Waals surface area contributed by atoms with Crippen molar-refractivity contribution >= 4 is 78.0 Å². The van der Waals surface area contributed by atoms with Crippen LogP contribution in [0.1, 0.15) is 157 Å². The lowest BCUT2D eigenvalue weighted by atomic mass is 9.33. The van der Waals surface area contributed by atoms with Gasteiger partial charge in [-0.2, -0.15) is 0 Å². The Kier molecular flexibility index (Phi) is 9.98. The van der Waals surface area contributed by atoms with Gasteiger partial charge in [0.25, 0.3) is 6.71 Å². The molecule has 4 heteroatoms. The molecule has 0 fully saturated rings. The highest BCUT2D eigenvalue weighted by Gasteiger charge is 2.50. The van der Waals surface area contributed by atoms with E-state index in [1.807, 2.05) is 11.3 Å². The SMILES string of the molecule is CC(C)(C)c1ccc(N2c3cc(C(C)(C)C)cc4c3B(c3ccc5c(c3N4c3ccc(C(C)(C)C)cc3-c3ccccc3)C(C)(C)CCC5(C)C)c3c2sc2ccc(C(C)(C)C)cc32)cc1. The van der Waals surface area contributed by atoms with Gasteiger partial charge in [0.1, 0.15) is 0 Å². The molecule has 6 aromatic carbocycles. The van der Waals surface area contributed by atoms with Crippen molar-refractivity contribution in [3.63, 3.8) is 0 Å². The molecule has 1 aliphatic carbocycles. The molecule has 10 rings (SSSR count). The molecule has 3 heterocycles. The minimum Gasteiger partial charge on any atom is -0.310 e. The molecule has 0 amide bonds. The van der Waals surface area contributed by atoms with Gasteiger partial charge < -0.3 is 9.80 Å². The number of anilines is 6. The summed E-state index contributed by atoms with van der Waals surface area (Å²) in [6, 6.07) is 45.7. The normalized spacial score (nSPS) is 16.5. The molecular formula is C62H71BN2S. The van der Waals surface area contributed by atoms with Gasteiger partial charge in [-0.05, 0) is 149 Å². The van der Waals surface area contributed by atoms with E-state index < -0.39 is 0 Å². The molecule has 3 aliphatic rings. The predicted molar refractivity (Wildman–Crippen MR) is 291 cm³/mol. The Morgan fingerprint density at radius 2 is 1.06 bits per heavy atom. The molecule has 0 N–H and O–H groups in total. The minimum atomic E-state index is -0.119. The maximum absolute atomic E-state index is 2.78. The van der Waals surface area contributed by atoms with E-state index in [-0.39, 0.29) is 39.2 Å². The summed E-state index contributed by atoms with van der Waals surface area (Å²) in [4.78, 5) is 5.43. The summed E-state index contributed by atoms with van der Waals surface area (Å²) in [5.41, 5.74) is 21.5. The number of benzene rings is 6. The van der Waals surface area contributed by atoms with Gasteiger partial charge in [0.05, 0.1) is 10.7 Å². The highest BCUT2D eigenvalue weighted by atomic mass is 32.1. The largest absolute Gasteiger partial charge is 0.310 e. The number of thiophene rings is 1. The average molecular weight is 887 g/mol. The van der Waals surface area contributed by atoms with Crippen LogP contribution in [0.15, 0.2) is 115 Å². The third-order valence-electron chi connectivity index (χ3n) is 15.5. The molecule has 2 aliphatic heterocycles. The fourth-order valence-corrected chi connectivity index (χ4v) is 12.6. The van der Waals surface area contributed by atoms with E-state index in [2.05, 4.69) is 236 Å². The van der Waals surface area contributed by atoms with Crippen LogP contribution in [0.5, 0.6) is 0 Å². The predicted octanol–water partition coefficient (Wildman–Crippen LogP) is 16.2. The second-order valence-corrected chi connectivity index (χ2v) is 26.4. The Balaban J connectivity index is 1.41. The van der Waals surface area contributed by atoms with Crippen molar-refractivity contribution in [2.75, 3.05) is 9.80 Å². The zero-order valence-corrected chi connectivity index (χ0v) is 43.6. The van der Waals surface area contributed by atoms with Crippen molar-refractivity contribution in [2.45, 2.75) is 156 Å². The summed E-state index contributed by atoms with van der Waals surface area (Å²) in [6.07, 6.45) is 2.30. The fraction of sp³-hybridized carbons (Fsp3) is 0.387. The molecule has 0 saturated carbocycles. The van der Waals surface area contributed by atoms with Gasteiger partial charge in [0.15, 0.2) is 0 Å². The van der Waals surface area contributed by atoms with Crippen LogP contribution in [0.4, 0.5) is 33.4 Å². The molecular weight excluding hydrogens is 816 g/mol. The van der Waals surface area contributed by atoms with E-state index in [4.69, 9.17) is 0 Å². The van der Waals surface area contributed by atoms with Gasteiger partial charge in [0, 0.05) is 33.0 Å². The molecule has 0 spiro atoms. The fourth-order valence-electron chi connectivity index (χ4n) is 11.3. The second-order valence-electron chi connectivity index (χ2n) is 25.4. The van der Waals surface area contributed by atoms with Crippen molar-refractivity contribution in [1.82, 2.24) is 0 Å². The summed E-state index contributed by atoms with van der Waals surface area (Å²) in [6.45, 7) is 38.3. The third-order valence-corrected chi connectivity index (χ3v) is 16.7. The monoisotopic (exact) mass is 887 g/mol. The first-order valence-electron chi connectivity index (χ1n) is 24.6. The molecule has 338 valence electrons. The number of hydrogen-bond acceptors (Lipinski definition) is 3. The highest BCUT2D eigenvalue weighted by molar-refractivity contribution is 7.26. The summed E-state index contributed by atoms with van der Waals surface area (Å²) in [5.74, 6) is 0. The molecule has 2 nitrogen and oxygen atoms in total. The van der Waals surface area contributed by atoms with E-state index >= 15 is 0 Å². The summed E-state index contributed by atoms with van der Waals surface area (Å²) in [5, 5.41) is 2.72. The first-order valence-corrected chi connectivity index (χ1v) is 25.4. The van der Waals surface area contributed by atoms with Crippen molar-refractivity contribution in [3.05, 3.63) is 149 Å². The van der Waals surface area contributed by atoms with E-state index in [9.17, 15) is 0 Å². The Morgan fingerprint density at radius 1 is 0.500 bits per heavy atom. The zero-order valence-electron chi connectivity index (χ0n) is 42.8. The standard InChI is InChI=1S/C62H71BN2S/c1-57(2,3)39-22-26-43(27-23-39)64-49-36-42(60(10,11)12)37-50-54(49)63(53-45-35-41(59(7,8)9)25-31-51(45)66-56(53)64)47-29-28-46-52(62(15,16)33-32-61(46,13)14)55(47)65(50)48-30-24-40(58(4,5)6)34-44(48)38-20-18-17-19-21-38/h17-31,34-37H,32-33H2,1-16H3. The Morgan fingerprint density at radius 3 is 1.68 bits per heavy atom. The van der Waals surface area contributed by atoms with Crippen molar-refractivity contribution < 1.29 is 0 Å². The molecule has 0 radical (unpaired) electrons. The lowest BCUT2D eigenvalue weighted by Gasteiger charge is -2.49. The maximum Gasteiger partial charge on any atom is 0.254 e. The van der Waals surface area contributed by atoms with Gasteiger partial charge in [-0.25, -0.2) is 0 Å². The second kappa shape index (κ2) is 14.7. The third kappa shape index (κ3) is 7.10. The Labute approximate surface area is 401 Å². The molecule has 66 heavy (non-hydrogen) atoms. The van der Waals surface area contributed by atoms with Crippen LogP contribution < -0.4 is 26.2 Å². The molecule has 0 unspecified atom stereocenters. The first kappa shape index (κ1) is 44.8. The zero-order chi connectivity index (χ0) is 47.3. The number of nitrogens with zero attached hydrogens (tertiary/aromatic N) is 2. The van der Waals surface area contributed by atoms with Crippen LogP contribution in [-0.2, 0) is 32.5 Å². The topological polar surface area (TPSA) is 6.48 Å². The summed E-state index contributed by atoms with van der Waals surface area (Å²) < 4.78 is 1.35. The van der Waals surface area contributed by atoms with Crippen LogP contribution >= 0.6 is 11.3 Å². The average Bonchev–Trinajstić information content (AvgIpc) is 3.62. The lowest BCUT2D eigenvalue weighted by Crippen LogP contribution is -2.62. The Hall–Kier alpha value is -5.06. The number of rotatable bonds is 3. The molecule has 1 aromatic heterocycles. The van der Waals surface area contributed by atoms with Crippen LogP contribution in [-0.4, -0.2) is 6.71 Å². The number of hydrogen-bond donors (Lipinski definition) is 0. The molecule has 7 aromatic rings. The van der Waals surface area contributed by atoms with Gasteiger partial charge in [-0.3, -0.25) is 0 Å². The quantitative estimate of drug-likeness (QED) is 0.163. The summed E-state index contributed by atoms with van der Waals surface area (Å²) in [7, 11) is 0. The van der Waals surface area contributed by atoms with Crippen molar-refractivity contribution in [1.29, 1.82) is 0 Å². The van der Waals surface area contributed by atoms with Gasteiger partial charge in [0.2, 0.25) is 0 Å². The number of fused-ring (bicyclic) bond motifs is 8. The molecule has 0 bridgehead atoms. The van der Waals surface area contributed by atoms with Crippen LogP contribution in [0.2, 0.25) is 0 Å². The smallest absolute Gasteiger partial charge is 0.254 e. The molecule has 0 atom stereocenters. The van der Waals surface area contributed by atoms with Gasteiger partial charge in [-0.1, -0.05) is 184 Å². The van der Waals surface area contributed by atoms with Gasteiger partial charge >= 0.3 is 0 Å². The first-order chi connectivity index (χ1) is 30.8. The van der Waals surface area contributed by atoms with Crippen LogP contribution in [0.25, 0.3) is 21.2 Å². The van der Waals surface area contributed by atoms with E-state index in [1.165, 1.54) is 104 Å². The minimum absolute atomic E-state index is 0.00777. The van der Waals surface area contributed by atoms with E-state index in [1.54, 1.807) is 0 Å². The van der Waals surface area contributed by atoms with Gasteiger partial charge in [-0.15, -0.1) is 11.3 Å². The Bertz CT molecular complexity index is 3060. The molecule has 0 saturated heterocycles. The highest BCUT2D eigenvalue weighted by Crippen LogP contribution is 2.56. The lowest BCUT2D eigenvalue weighted by molar-refractivity contribution is 0.333.